The maximum absolute atomic E-state index is 12.0. The smallest absolute Gasteiger partial charge is 0.234 e. The lowest BCUT2D eigenvalue weighted by molar-refractivity contribution is -0.114. The van der Waals surface area contributed by atoms with Crippen LogP contribution in [0.15, 0.2) is 28.8 Å². The zero-order valence-electron chi connectivity index (χ0n) is 13.3. The number of hydrogen-bond donors (Lipinski definition) is 2. The van der Waals surface area contributed by atoms with Crippen molar-refractivity contribution in [1.82, 2.24) is 5.16 Å². The summed E-state index contributed by atoms with van der Waals surface area (Å²) in [5.74, 6) is 1.55. The predicted molar refractivity (Wildman–Crippen MR) is 91.5 cm³/mol. The normalized spacial score (nSPS) is 10.4. The molecule has 0 saturated heterocycles. The Hall–Kier alpha value is -2.28. The first-order chi connectivity index (χ1) is 11.0. The Balaban J connectivity index is 1.84. The highest BCUT2D eigenvalue weighted by Gasteiger charge is 2.10. The van der Waals surface area contributed by atoms with Crippen LogP contribution in [0.2, 0.25) is 0 Å². The van der Waals surface area contributed by atoms with Crippen LogP contribution in [0.3, 0.4) is 0 Å². The van der Waals surface area contributed by atoms with Gasteiger partial charge in [0.2, 0.25) is 11.8 Å². The van der Waals surface area contributed by atoms with Gasteiger partial charge < -0.3 is 15.2 Å². The van der Waals surface area contributed by atoms with Crippen LogP contribution in [0.25, 0.3) is 0 Å². The first-order valence-electron chi connectivity index (χ1n) is 7.12. The number of nitrogens with zero attached hydrogens (tertiary/aromatic N) is 1. The summed E-state index contributed by atoms with van der Waals surface area (Å²) in [6.45, 7) is 5.19. The van der Waals surface area contributed by atoms with Crippen LogP contribution in [0.4, 0.5) is 11.4 Å². The number of hydrogen-bond acceptors (Lipinski definition) is 5. The second-order valence-corrected chi connectivity index (χ2v) is 6.09. The van der Waals surface area contributed by atoms with Crippen molar-refractivity contribution >= 4 is 35.0 Å². The van der Waals surface area contributed by atoms with E-state index in [1.54, 1.807) is 24.3 Å². The molecule has 0 fully saturated rings. The number of rotatable bonds is 6. The summed E-state index contributed by atoms with van der Waals surface area (Å²) in [5, 5.41) is 9.39. The fraction of sp³-hybridized carbons (Fsp3) is 0.312. The van der Waals surface area contributed by atoms with Gasteiger partial charge in [-0.15, -0.1) is 11.8 Å². The van der Waals surface area contributed by atoms with Gasteiger partial charge in [0.15, 0.2) is 0 Å². The number of nitrogens with one attached hydrogen (secondary N) is 2. The Morgan fingerprint density at radius 1 is 1.22 bits per heavy atom. The van der Waals surface area contributed by atoms with E-state index in [-0.39, 0.29) is 11.8 Å². The Morgan fingerprint density at radius 2 is 1.91 bits per heavy atom. The molecule has 2 rings (SSSR count). The molecule has 0 unspecified atom stereocenters. The van der Waals surface area contributed by atoms with E-state index in [4.69, 9.17) is 4.52 Å². The number of aryl methyl sites for hydroxylation is 2. The summed E-state index contributed by atoms with van der Waals surface area (Å²) < 4.78 is 5.09. The molecule has 122 valence electrons. The average molecular weight is 333 g/mol. The van der Waals surface area contributed by atoms with Gasteiger partial charge in [0.25, 0.3) is 0 Å². The number of benzene rings is 1. The van der Waals surface area contributed by atoms with E-state index < -0.39 is 0 Å². The molecular formula is C16H19N3O3S. The summed E-state index contributed by atoms with van der Waals surface area (Å²) in [6, 6.07) is 7.04. The lowest BCUT2D eigenvalue weighted by atomic mass is 10.2. The molecule has 0 aliphatic rings. The van der Waals surface area contributed by atoms with Crippen LogP contribution in [0.1, 0.15) is 23.9 Å². The van der Waals surface area contributed by atoms with Gasteiger partial charge in [-0.05, 0) is 32.0 Å². The summed E-state index contributed by atoms with van der Waals surface area (Å²) in [7, 11) is 0. The summed E-state index contributed by atoms with van der Waals surface area (Å²) in [5.41, 5.74) is 3.20. The first kappa shape index (κ1) is 17.1. The number of thioether (sulfide) groups is 1. The second-order valence-electron chi connectivity index (χ2n) is 5.11. The van der Waals surface area contributed by atoms with Gasteiger partial charge in [0, 0.05) is 29.6 Å². The van der Waals surface area contributed by atoms with Gasteiger partial charge in [-0.1, -0.05) is 11.2 Å². The quantitative estimate of drug-likeness (QED) is 0.848. The third-order valence-corrected chi connectivity index (χ3v) is 4.09. The lowest BCUT2D eigenvalue weighted by Crippen LogP contribution is -2.14. The van der Waals surface area contributed by atoms with Crippen molar-refractivity contribution in [2.75, 3.05) is 16.4 Å². The predicted octanol–water partition coefficient (Wildman–Crippen LogP) is 3.12. The highest BCUT2D eigenvalue weighted by atomic mass is 32.2. The Labute approximate surface area is 139 Å². The highest BCUT2D eigenvalue weighted by Crippen LogP contribution is 2.20. The van der Waals surface area contributed by atoms with Crippen molar-refractivity contribution in [2.45, 2.75) is 26.5 Å². The molecule has 2 N–H and O–H groups in total. The summed E-state index contributed by atoms with van der Waals surface area (Å²) in [6.07, 6.45) is 0. The van der Waals surface area contributed by atoms with Crippen molar-refractivity contribution in [3.63, 3.8) is 0 Å². The summed E-state index contributed by atoms with van der Waals surface area (Å²) >= 11 is 1.50. The molecule has 23 heavy (non-hydrogen) atoms. The fourth-order valence-electron chi connectivity index (χ4n) is 2.03. The molecule has 6 nitrogen and oxygen atoms in total. The van der Waals surface area contributed by atoms with E-state index in [1.165, 1.54) is 18.7 Å². The zero-order valence-corrected chi connectivity index (χ0v) is 14.1. The molecule has 1 heterocycles. The number of amides is 2. The van der Waals surface area contributed by atoms with Crippen LogP contribution in [-0.2, 0) is 15.3 Å². The molecule has 7 heteroatoms. The van der Waals surface area contributed by atoms with Gasteiger partial charge in [0.1, 0.15) is 5.76 Å². The van der Waals surface area contributed by atoms with Crippen molar-refractivity contribution in [3.05, 3.63) is 41.3 Å². The number of aromatic nitrogens is 1. The van der Waals surface area contributed by atoms with Crippen LogP contribution >= 0.6 is 11.8 Å². The maximum atomic E-state index is 12.0. The van der Waals surface area contributed by atoms with Gasteiger partial charge >= 0.3 is 0 Å². The molecule has 0 atom stereocenters. The molecule has 1 aromatic heterocycles. The number of carbonyl (C=O) groups excluding carboxylic acids is 2. The maximum Gasteiger partial charge on any atom is 0.234 e. The van der Waals surface area contributed by atoms with Crippen LogP contribution in [0, 0.1) is 13.8 Å². The van der Waals surface area contributed by atoms with E-state index >= 15 is 0 Å². The molecule has 0 saturated carbocycles. The monoisotopic (exact) mass is 333 g/mol. The molecule has 0 aliphatic heterocycles. The van der Waals surface area contributed by atoms with Crippen molar-refractivity contribution in [2.24, 2.45) is 0 Å². The third-order valence-electron chi connectivity index (χ3n) is 3.13. The minimum absolute atomic E-state index is 0.0956. The standard InChI is InChI=1S/C16H19N3O3S/c1-10-15(11(2)22-19-10)8-23-9-16(21)18-14-6-4-5-13(7-14)17-12(3)20/h4-7H,8-9H2,1-3H3,(H,17,20)(H,18,21). The van der Waals surface area contributed by atoms with E-state index in [9.17, 15) is 9.59 Å². The fourth-order valence-corrected chi connectivity index (χ4v) is 3.00. The third kappa shape index (κ3) is 5.14. The van der Waals surface area contributed by atoms with Gasteiger partial charge in [-0.3, -0.25) is 9.59 Å². The zero-order chi connectivity index (χ0) is 16.8. The molecule has 0 radical (unpaired) electrons. The van der Waals surface area contributed by atoms with Gasteiger partial charge in [0.05, 0.1) is 11.4 Å². The van der Waals surface area contributed by atoms with E-state index in [2.05, 4.69) is 15.8 Å². The molecule has 0 bridgehead atoms. The Kier molecular flexibility index (Phi) is 5.81. The molecule has 2 amide bonds. The Morgan fingerprint density at radius 3 is 2.52 bits per heavy atom. The molecule has 0 spiro atoms. The van der Waals surface area contributed by atoms with Crippen LogP contribution in [0.5, 0.6) is 0 Å². The molecule has 0 aliphatic carbocycles. The minimum atomic E-state index is -0.150. The molecule has 1 aromatic carbocycles. The lowest BCUT2D eigenvalue weighted by Gasteiger charge is -2.08. The minimum Gasteiger partial charge on any atom is -0.361 e. The molecular weight excluding hydrogens is 314 g/mol. The van der Waals surface area contributed by atoms with Crippen LogP contribution in [-0.4, -0.2) is 22.7 Å². The van der Waals surface area contributed by atoms with Crippen molar-refractivity contribution in [3.8, 4) is 0 Å². The molecule has 2 aromatic rings. The Bertz CT molecular complexity index is 693. The van der Waals surface area contributed by atoms with Crippen molar-refractivity contribution in [1.29, 1.82) is 0 Å². The second kappa shape index (κ2) is 7.82. The topological polar surface area (TPSA) is 84.2 Å². The largest absolute Gasteiger partial charge is 0.361 e. The van der Waals surface area contributed by atoms with Gasteiger partial charge in [-0.2, -0.15) is 0 Å². The first-order valence-corrected chi connectivity index (χ1v) is 8.28. The van der Waals surface area contributed by atoms with E-state index in [0.29, 0.717) is 22.9 Å². The number of anilines is 2. The van der Waals surface area contributed by atoms with Crippen LogP contribution < -0.4 is 10.6 Å². The summed E-state index contributed by atoms with van der Waals surface area (Å²) in [4.78, 5) is 23.0. The van der Waals surface area contributed by atoms with Crippen molar-refractivity contribution < 1.29 is 14.1 Å². The number of carbonyl (C=O) groups is 2. The average Bonchev–Trinajstić information content (AvgIpc) is 2.78. The van der Waals surface area contributed by atoms with E-state index in [0.717, 1.165) is 17.0 Å². The highest BCUT2D eigenvalue weighted by molar-refractivity contribution is 7.99. The van der Waals surface area contributed by atoms with E-state index in [1.807, 2.05) is 13.8 Å². The van der Waals surface area contributed by atoms with Gasteiger partial charge in [-0.25, -0.2) is 0 Å². The SMILES string of the molecule is CC(=O)Nc1cccc(NC(=O)CSCc2c(C)noc2C)c1.